The fraction of sp³-hybridized carbons (Fsp3) is 0.250. The fourth-order valence-corrected chi connectivity index (χ4v) is 2.68. The molecular weight excluding hydrogens is 304 g/mol. The molecule has 2 atom stereocenters. The average Bonchev–Trinajstić information content (AvgIpc) is 2.46. The smallest absolute Gasteiger partial charge is 0.120 e. The van der Waals surface area contributed by atoms with E-state index in [1.807, 2.05) is 55.5 Å². The molecule has 0 bridgehead atoms. The summed E-state index contributed by atoms with van der Waals surface area (Å²) in [7, 11) is 1.63. The van der Waals surface area contributed by atoms with Crippen LogP contribution < -0.4 is 4.74 Å². The molecule has 0 heterocycles. The van der Waals surface area contributed by atoms with Gasteiger partial charge in [0.15, 0.2) is 0 Å². The largest absolute Gasteiger partial charge is 0.497 e. The van der Waals surface area contributed by atoms with Crippen molar-refractivity contribution >= 4 is 15.9 Å². The third-order valence-electron chi connectivity index (χ3n) is 3.33. The Kier molecular flexibility index (Phi) is 4.61. The summed E-state index contributed by atoms with van der Waals surface area (Å²) in [4.78, 5) is 0. The van der Waals surface area contributed by atoms with Crippen molar-refractivity contribution in [2.45, 2.75) is 18.9 Å². The van der Waals surface area contributed by atoms with Crippen molar-refractivity contribution in [2.24, 2.45) is 0 Å². The first-order valence-corrected chi connectivity index (χ1v) is 6.99. The minimum Gasteiger partial charge on any atom is -0.497 e. The quantitative estimate of drug-likeness (QED) is 0.910. The number of hydrogen-bond acceptors (Lipinski definition) is 2. The monoisotopic (exact) mass is 320 g/mol. The van der Waals surface area contributed by atoms with Crippen LogP contribution in [0.15, 0.2) is 53.0 Å². The predicted molar refractivity (Wildman–Crippen MR) is 80.5 cm³/mol. The Balaban J connectivity index is 2.26. The van der Waals surface area contributed by atoms with Gasteiger partial charge in [-0.1, -0.05) is 59.3 Å². The van der Waals surface area contributed by atoms with Crippen LogP contribution in [0.4, 0.5) is 0 Å². The molecular formula is C16H17BrO2. The first-order chi connectivity index (χ1) is 9.13. The van der Waals surface area contributed by atoms with Crippen molar-refractivity contribution < 1.29 is 9.84 Å². The minimum atomic E-state index is -0.553. The number of rotatable bonds is 4. The van der Waals surface area contributed by atoms with E-state index in [0.717, 1.165) is 21.3 Å². The summed E-state index contributed by atoms with van der Waals surface area (Å²) in [6, 6.07) is 15.6. The lowest BCUT2D eigenvalue weighted by molar-refractivity contribution is 0.151. The summed E-state index contributed by atoms with van der Waals surface area (Å²) in [5, 5.41) is 10.5. The standard InChI is InChI=1S/C16H17BrO2/c1-11(12-6-4-3-5-7-12)16(18)14-9-8-13(19-2)10-15(14)17/h3-11,16,18H,1-2H3. The Labute approximate surface area is 122 Å². The summed E-state index contributed by atoms with van der Waals surface area (Å²) in [5.74, 6) is 0.807. The molecule has 0 saturated heterocycles. The summed E-state index contributed by atoms with van der Waals surface area (Å²) in [6.45, 7) is 2.02. The van der Waals surface area contributed by atoms with Crippen LogP contribution in [0.5, 0.6) is 5.75 Å². The minimum absolute atomic E-state index is 0.0332. The van der Waals surface area contributed by atoms with Crippen LogP contribution in [0.2, 0.25) is 0 Å². The zero-order chi connectivity index (χ0) is 13.8. The van der Waals surface area contributed by atoms with Gasteiger partial charge in [-0.2, -0.15) is 0 Å². The van der Waals surface area contributed by atoms with Gasteiger partial charge in [0.1, 0.15) is 5.75 Å². The number of ether oxygens (including phenoxy) is 1. The first kappa shape index (κ1) is 14.1. The molecule has 2 aromatic carbocycles. The van der Waals surface area contributed by atoms with Crippen molar-refractivity contribution in [3.05, 3.63) is 64.1 Å². The molecule has 0 aromatic heterocycles. The highest BCUT2D eigenvalue weighted by Crippen LogP contribution is 2.35. The van der Waals surface area contributed by atoms with E-state index in [9.17, 15) is 5.11 Å². The molecule has 2 unspecified atom stereocenters. The maximum absolute atomic E-state index is 10.5. The van der Waals surface area contributed by atoms with E-state index in [1.165, 1.54) is 0 Å². The number of methoxy groups -OCH3 is 1. The molecule has 0 aliphatic rings. The van der Waals surface area contributed by atoms with Gasteiger partial charge in [0.05, 0.1) is 13.2 Å². The van der Waals surface area contributed by atoms with E-state index in [-0.39, 0.29) is 5.92 Å². The van der Waals surface area contributed by atoms with Gasteiger partial charge in [-0.3, -0.25) is 0 Å². The Bertz CT molecular complexity index is 540. The zero-order valence-electron chi connectivity index (χ0n) is 11.0. The predicted octanol–water partition coefficient (Wildman–Crippen LogP) is 4.29. The lowest BCUT2D eigenvalue weighted by Crippen LogP contribution is -2.08. The number of halogens is 1. The van der Waals surface area contributed by atoms with Crippen LogP contribution in [0.1, 0.15) is 30.1 Å². The molecule has 0 amide bonds. The lowest BCUT2D eigenvalue weighted by Gasteiger charge is -2.21. The van der Waals surface area contributed by atoms with E-state index >= 15 is 0 Å². The topological polar surface area (TPSA) is 29.5 Å². The van der Waals surface area contributed by atoms with Gasteiger partial charge >= 0.3 is 0 Å². The van der Waals surface area contributed by atoms with Gasteiger partial charge in [-0.15, -0.1) is 0 Å². The van der Waals surface area contributed by atoms with Gasteiger partial charge in [-0.05, 0) is 23.3 Å². The Morgan fingerprint density at radius 1 is 1.11 bits per heavy atom. The van der Waals surface area contributed by atoms with E-state index in [0.29, 0.717) is 0 Å². The molecule has 0 aliphatic heterocycles. The highest BCUT2D eigenvalue weighted by atomic mass is 79.9. The lowest BCUT2D eigenvalue weighted by atomic mass is 9.91. The van der Waals surface area contributed by atoms with Gasteiger partial charge in [0, 0.05) is 10.4 Å². The van der Waals surface area contributed by atoms with Crippen molar-refractivity contribution in [1.29, 1.82) is 0 Å². The molecule has 0 saturated carbocycles. The fourth-order valence-electron chi connectivity index (χ4n) is 2.08. The van der Waals surface area contributed by atoms with E-state index < -0.39 is 6.10 Å². The summed E-state index contributed by atoms with van der Waals surface area (Å²) < 4.78 is 6.03. The Hall–Kier alpha value is -1.32. The highest BCUT2D eigenvalue weighted by Gasteiger charge is 2.20. The molecule has 2 aromatic rings. The summed E-state index contributed by atoms with van der Waals surface area (Å²) in [5.41, 5.74) is 2.00. The van der Waals surface area contributed by atoms with E-state index in [4.69, 9.17) is 4.74 Å². The molecule has 2 rings (SSSR count). The molecule has 3 heteroatoms. The van der Waals surface area contributed by atoms with Crippen LogP contribution in [-0.2, 0) is 0 Å². The maximum atomic E-state index is 10.5. The molecule has 2 nitrogen and oxygen atoms in total. The molecule has 19 heavy (non-hydrogen) atoms. The Morgan fingerprint density at radius 2 is 1.79 bits per heavy atom. The molecule has 0 fully saturated rings. The molecule has 100 valence electrons. The SMILES string of the molecule is COc1ccc(C(O)C(C)c2ccccc2)c(Br)c1. The second kappa shape index (κ2) is 6.22. The van der Waals surface area contributed by atoms with Crippen LogP contribution >= 0.6 is 15.9 Å². The number of aliphatic hydroxyl groups is 1. The second-order valence-electron chi connectivity index (χ2n) is 4.53. The average molecular weight is 321 g/mol. The maximum Gasteiger partial charge on any atom is 0.120 e. The number of hydrogen-bond donors (Lipinski definition) is 1. The van der Waals surface area contributed by atoms with Crippen LogP contribution in [0.25, 0.3) is 0 Å². The van der Waals surface area contributed by atoms with Gasteiger partial charge in [0.25, 0.3) is 0 Å². The molecule has 0 aliphatic carbocycles. The van der Waals surface area contributed by atoms with Gasteiger partial charge in [-0.25, -0.2) is 0 Å². The van der Waals surface area contributed by atoms with Crippen LogP contribution in [0, 0.1) is 0 Å². The zero-order valence-corrected chi connectivity index (χ0v) is 12.6. The normalized spacial score (nSPS) is 13.9. The molecule has 0 spiro atoms. The van der Waals surface area contributed by atoms with E-state index in [1.54, 1.807) is 7.11 Å². The van der Waals surface area contributed by atoms with Crippen molar-refractivity contribution in [3.63, 3.8) is 0 Å². The second-order valence-corrected chi connectivity index (χ2v) is 5.39. The molecule has 0 radical (unpaired) electrons. The third-order valence-corrected chi connectivity index (χ3v) is 4.01. The first-order valence-electron chi connectivity index (χ1n) is 6.20. The number of aliphatic hydroxyl groups excluding tert-OH is 1. The third kappa shape index (κ3) is 3.17. The van der Waals surface area contributed by atoms with Crippen molar-refractivity contribution in [3.8, 4) is 5.75 Å². The highest BCUT2D eigenvalue weighted by molar-refractivity contribution is 9.10. The van der Waals surface area contributed by atoms with Crippen molar-refractivity contribution in [2.75, 3.05) is 7.11 Å². The van der Waals surface area contributed by atoms with Gasteiger partial charge < -0.3 is 9.84 Å². The summed E-state index contributed by atoms with van der Waals surface area (Å²) >= 11 is 3.49. The van der Waals surface area contributed by atoms with Crippen LogP contribution in [-0.4, -0.2) is 12.2 Å². The molecule has 1 N–H and O–H groups in total. The van der Waals surface area contributed by atoms with Gasteiger partial charge in [0.2, 0.25) is 0 Å². The van der Waals surface area contributed by atoms with Crippen LogP contribution in [0.3, 0.4) is 0 Å². The number of benzene rings is 2. The summed E-state index contributed by atoms with van der Waals surface area (Å²) in [6.07, 6.45) is -0.553. The van der Waals surface area contributed by atoms with Crippen molar-refractivity contribution in [1.82, 2.24) is 0 Å². The van der Waals surface area contributed by atoms with E-state index in [2.05, 4.69) is 15.9 Å². The Morgan fingerprint density at radius 3 is 2.37 bits per heavy atom.